The Balaban J connectivity index is 1.31. The zero-order valence-corrected chi connectivity index (χ0v) is 16.9. The Morgan fingerprint density at radius 3 is 2.59 bits per heavy atom. The minimum atomic E-state index is -0.281. The van der Waals surface area contributed by atoms with Crippen LogP contribution in [0.5, 0.6) is 5.75 Å². The normalized spacial score (nSPS) is 14.1. The van der Waals surface area contributed by atoms with Crippen LogP contribution < -0.4 is 15.2 Å². The van der Waals surface area contributed by atoms with E-state index in [0.29, 0.717) is 68.1 Å². The molecular formula is C18H23ClN6O4. The monoisotopic (exact) mass is 422 g/mol. The highest BCUT2D eigenvalue weighted by Gasteiger charge is 2.22. The lowest BCUT2D eigenvalue weighted by Crippen LogP contribution is -2.49. The maximum Gasteiger partial charge on any atom is 0.270 e. The van der Waals surface area contributed by atoms with Crippen LogP contribution in [0.25, 0.3) is 0 Å². The summed E-state index contributed by atoms with van der Waals surface area (Å²) in [5.41, 5.74) is 0.190. The van der Waals surface area contributed by atoms with Gasteiger partial charge in [0, 0.05) is 26.2 Å². The van der Waals surface area contributed by atoms with Crippen LogP contribution >= 0.6 is 11.6 Å². The molecule has 1 fully saturated rings. The third-order valence-electron chi connectivity index (χ3n) is 4.53. The lowest BCUT2D eigenvalue weighted by atomic mass is 10.3. The molecule has 0 unspecified atom stereocenters. The average molecular weight is 423 g/mol. The first-order valence-corrected chi connectivity index (χ1v) is 9.67. The zero-order chi connectivity index (χ0) is 20.6. The van der Waals surface area contributed by atoms with Crippen LogP contribution in [0.3, 0.4) is 0 Å². The fourth-order valence-electron chi connectivity index (χ4n) is 2.84. The highest BCUT2D eigenvalue weighted by atomic mass is 35.5. The average Bonchev–Trinajstić information content (AvgIpc) is 2.74. The molecule has 0 saturated carbocycles. The van der Waals surface area contributed by atoms with Crippen molar-refractivity contribution < 1.29 is 14.3 Å². The minimum absolute atomic E-state index is 0.0530. The molecule has 1 saturated heterocycles. The van der Waals surface area contributed by atoms with E-state index in [1.54, 1.807) is 19.3 Å². The Hall–Kier alpha value is -2.72. The fourth-order valence-corrected chi connectivity index (χ4v) is 2.94. The highest BCUT2D eigenvalue weighted by molar-refractivity contribution is 6.30. The topological polar surface area (TPSA) is 114 Å². The molecule has 1 aliphatic rings. The molecule has 0 radical (unpaired) electrons. The number of piperazine rings is 1. The van der Waals surface area contributed by atoms with Gasteiger partial charge < -0.3 is 19.3 Å². The van der Waals surface area contributed by atoms with E-state index < -0.39 is 0 Å². The van der Waals surface area contributed by atoms with E-state index in [2.05, 4.69) is 20.2 Å². The summed E-state index contributed by atoms with van der Waals surface area (Å²) < 4.78 is 10.9. The van der Waals surface area contributed by atoms with Gasteiger partial charge in [0.15, 0.2) is 0 Å². The molecule has 10 nitrogen and oxygen atoms in total. The Morgan fingerprint density at radius 1 is 1.14 bits per heavy atom. The third-order valence-corrected chi connectivity index (χ3v) is 4.72. The van der Waals surface area contributed by atoms with Crippen molar-refractivity contribution in [2.75, 3.05) is 50.9 Å². The Bertz CT molecular complexity index is 867. The van der Waals surface area contributed by atoms with E-state index in [1.807, 2.05) is 9.80 Å². The summed E-state index contributed by atoms with van der Waals surface area (Å²) in [4.78, 5) is 36.0. The number of carbonyl (C=O) groups excluding carboxylic acids is 1. The summed E-state index contributed by atoms with van der Waals surface area (Å²) in [7, 11) is 0. The first-order chi connectivity index (χ1) is 14.0. The van der Waals surface area contributed by atoms with E-state index in [-0.39, 0.29) is 18.1 Å². The largest absolute Gasteiger partial charge is 0.489 e. The Kier molecular flexibility index (Phi) is 7.36. The first kappa shape index (κ1) is 21.0. The summed E-state index contributed by atoms with van der Waals surface area (Å²) in [5.74, 6) is 1.10. The van der Waals surface area contributed by atoms with Crippen LogP contribution in [0.2, 0.25) is 5.02 Å². The van der Waals surface area contributed by atoms with E-state index in [1.165, 1.54) is 6.20 Å². The molecule has 0 aromatic carbocycles. The van der Waals surface area contributed by atoms with Crippen molar-refractivity contribution in [1.82, 2.24) is 25.1 Å². The van der Waals surface area contributed by atoms with Crippen molar-refractivity contribution >= 4 is 23.5 Å². The van der Waals surface area contributed by atoms with Crippen LogP contribution in [0.4, 0.5) is 5.95 Å². The highest BCUT2D eigenvalue weighted by Crippen LogP contribution is 2.13. The second kappa shape index (κ2) is 10.2. The number of halogens is 1. The number of hydrogen-bond donors (Lipinski definition) is 1. The van der Waals surface area contributed by atoms with E-state index in [0.717, 1.165) is 0 Å². The quantitative estimate of drug-likeness (QED) is 0.617. The van der Waals surface area contributed by atoms with E-state index >= 15 is 0 Å². The van der Waals surface area contributed by atoms with Gasteiger partial charge in [-0.05, 0) is 6.92 Å². The number of nitrogens with one attached hydrogen (secondary N) is 1. The van der Waals surface area contributed by atoms with Gasteiger partial charge in [-0.25, -0.2) is 15.1 Å². The number of aromatic nitrogens is 4. The van der Waals surface area contributed by atoms with Crippen molar-refractivity contribution in [3.63, 3.8) is 0 Å². The number of anilines is 1. The molecule has 1 amide bonds. The number of H-pyrrole nitrogens is 1. The van der Waals surface area contributed by atoms with Gasteiger partial charge in [0.25, 0.3) is 5.56 Å². The number of amides is 1. The standard InChI is InChI=1S/C18H23ClN6O4/c1-13-15(12-22-23-17(13)27)29-9-8-28-7-2-16(26)24-3-5-25(6-4-24)18-20-10-14(19)11-21-18/h10-12H,2-9H2,1H3,(H,23,27). The number of rotatable bonds is 8. The van der Waals surface area contributed by atoms with Crippen molar-refractivity contribution in [2.24, 2.45) is 0 Å². The van der Waals surface area contributed by atoms with Crippen LogP contribution in [0.1, 0.15) is 12.0 Å². The molecule has 0 bridgehead atoms. The molecule has 29 heavy (non-hydrogen) atoms. The van der Waals surface area contributed by atoms with Crippen molar-refractivity contribution in [2.45, 2.75) is 13.3 Å². The number of carbonyl (C=O) groups is 1. The molecule has 2 aromatic heterocycles. The predicted molar refractivity (Wildman–Crippen MR) is 106 cm³/mol. The maximum atomic E-state index is 12.3. The van der Waals surface area contributed by atoms with E-state index in [9.17, 15) is 9.59 Å². The molecule has 0 aliphatic carbocycles. The molecule has 1 N–H and O–H groups in total. The molecule has 11 heteroatoms. The zero-order valence-electron chi connectivity index (χ0n) is 16.1. The second-order valence-corrected chi connectivity index (χ2v) is 6.90. The van der Waals surface area contributed by atoms with Crippen molar-refractivity contribution in [3.8, 4) is 5.75 Å². The van der Waals surface area contributed by atoms with Gasteiger partial charge in [0.2, 0.25) is 11.9 Å². The predicted octanol–water partition coefficient (Wildman–Crippen LogP) is 0.656. The number of hydrogen-bond acceptors (Lipinski definition) is 8. The lowest BCUT2D eigenvalue weighted by Gasteiger charge is -2.34. The lowest BCUT2D eigenvalue weighted by molar-refractivity contribution is -0.132. The summed E-state index contributed by atoms with van der Waals surface area (Å²) in [6.07, 6.45) is 4.89. The second-order valence-electron chi connectivity index (χ2n) is 6.47. The summed E-state index contributed by atoms with van der Waals surface area (Å²) in [6.45, 7) is 5.15. The van der Waals surface area contributed by atoms with Gasteiger partial charge in [-0.1, -0.05) is 11.6 Å². The third kappa shape index (κ3) is 5.88. The van der Waals surface area contributed by atoms with Crippen LogP contribution in [0.15, 0.2) is 23.4 Å². The number of nitrogens with zero attached hydrogens (tertiary/aromatic N) is 5. The summed E-state index contributed by atoms with van der Waals surface area (Å²) in [5, 5.41) is 6.52. The molecule has 156 valence electrons. The summed E-state index contributed by atoms with van der Waals surface area (Å²) >= 11 is 5.81. The smallest absolute Gasteiger partial charge is 0.270 e. The molecule has 0 atom stereocenters. The molecule has 3 heterocycles. The Labute approximate surface area is 172 Å². The molecular weight excluding hydrogens is 400 g/mol. The number of aromatic amines is 1. The van der Waals surface area contributed by atoms with Gasteiger partial charge in [-0.3, -0.25) is 9.59 Å². The SMILES string of the molecule is Cc1c(OCCOCCC(=O)N2CCN(c3ncc(Cl)cn3)CC2)cn[nH]c1=O. The van der Waals surface area contributed by atoms with Crippen molar-refractivity contribution in [3.05, 3.63) is 39.5 Å². The van der Waals surface area contributed by atoms with Gasteiger partial charge in [-0.2, -0.15) is 5.10 Å². The number of ether oxygens (including phenoxy) is 2. The molecule has 0 spiro atoms. The van der Waals surface area contributed by atoms with Gasteiger partial charge in [-0.15, -0.1) is 0 Å². The van der Waals surface area contributed by atoms with Crippen LogP contribution in [-0.4, -0.2) is 77.0 Å². The van der Waals surface area contributed by atoms with E-state index in [4.69, 9.17) is 21.1 Å². The summed E-state index contributed by atoms with van der Waals surface area (Å²) in [6, 6.07) is 0. The Morgan fingerprint density at radius 2 is 1.86 bits per heavy atom. The first-order valence-electron chi connectivity index (χ1n) is 9.29. The van der Waals surface area contributed by atoms with Gasteiger partial charge in [0.05, 0.1) is 48.8 Å². The fraction of sp³-hybridized carbons (Fsp3) is 0.500. The van der Waals surface area contributed by atoms with Gasteiger partial charge in [0.1, 0.15) is 12.4 Å². The van der Waals surface area contributed by atoms with Crippen LogP contribution in [-0.2, 0) is 9.53 Å². The van der Waals surface area contributed by atoms with Crippen LogP contribution in [0, 0.1) is 6.92 Å². The van der Waals surface area contributed by atoms with Gasteiger partial charge >= 0.3 is 0 Å². The molecule has 3 rings (SSSR count). The maximum absolute atomic E-state index is 12.3. The molecule has 2 aromatic rings. The van der Waals surface area contributed by atoms with Crippen molar-refractivity contribution in [1.29, 1.82) is 0 Å². The minimum Gasteiger partial charge on any atom is -0.489 e. The molecule has 1 aliphatic heterocycles.